The van der Waals surface area contributed by atoms with Gasteiger partial charge in [-0.3, -0.25) is 0 Å². The summed E-state index contributed by atoms with van der Waals surface area (Å²) < 4.78 is 0. The largest absolute Gasteiger partial charge is 0.313 e. The Labute approximate surface area is 142 Å². The topological polar surface area (TPSA) is 12.0 Å². The highest BCUT2D eigenvalue weighted by molar-refractivity contribution is 5.20. The Morgan fingerprint density at radius 3 is 2.22 bits per heavy atom. The van der Waals surface area contributed by atoms with Crippen LogP contribution in [-0.4, -0.2) is 12.6 Å². The fraction of sp³-hybridized carbons (Fsp3) is 0.727. The first-order valence-corrected chi connectivity index (χ1v) is 9.72. The van der Waals surface area contributed by atoms with Crippen molar-refractivity contribution in [2.24, 2.45) is 22.2 Å². The van der Waals surface area contributed by atoms with Crippen LogP contribution < -0.4 is 5.32 Å². The van der Waals surface area contributed by atoms with E-state index in [1.165, 1.54) is 50.5 Å². The molecule has 3 atom stereocenters. The monoisotopic (exact) mass is 311 g/mol. The average Bonchev–Trinajstić information content (AvgIpc) is 2.44. The molecule has 0 aliphatic heterocycles. The van der Waals surface area contributed by atoms with Gasteiger partial charge in [-0.25, -0.2) is 0 Å². The van der Waals surface area contributed by atoms with Crippen LogP contribution in [0.15, 0.2) is 30.3 Å². The van der Waals surface area contributed by atoms with Crippen LogP contribution in [0.5, 0.6) is 0 Å². The Morgan fingerprint density at radius 1 is 1.00 bits per heavy atom. The summed E-state index contributed by atoms with van der Waals surface area (Å²) in [5, 5.41) is 3.92. The minimum absolute atomic E-state index is 0.536. The highest BCUT2D eigenvalue weighted by Crippen LogP contribution is 2.70. The average molecular weight is 312 g/mol. The third-order valence-electron chi connectivity index (χ3n) is 7.14. The molecule has 5 rings (SSSR count). The summed E-state index contributed by atoms with van der Waals surface area (Å²) in [6.07, 6.45) is 10.1. The van der Waals surface area contributed by atoms with Crippen LogP contribution in [-0.2, 0) is 6.42 Å². The van der Waals surface area contributed by atoms with E-state index in [4.69, 9.17) is 0 Å². The molecule has 4 saturated carbocycles. The van der Waals surface area contributed by atoms with Crippen LogP contribution >= 0.6 is 0 Å². The molecule has 1 heteroatoms. The third-order valence-corrected chi connectivity index (χ3v) is 7.14. The zero-order chi connectivity index (χ0) is 16.1. The molecule has 23 heavy (non-hydrogen) atoms. The summed E-state index contributed by atoms with van der Waals surface area (Å²) in [7, 11) is 0. The Kier molecular flexibility index (Phi) is 3.65. The van der Waals surface area contributed by atoms with E-state index in [9.17, 15) is 0 Å². The van der Waals surface area contributed by atoms with Crippen LogP contribution in [0.4, 0.5) is 0 Å². The quantitative estimate of drug-likeness (QED) is 0.787. The molecule has 0 spiro atoms. The molecule has 1 aromatic rings. The Balaban J connectivity index is 1.65. The molecule has 1 N–H and O–H groups in total. The van der Waals surface area contributed by atoms with Crippen molar-refractivity contribution in [2.45, 2.75) is 71.8 Å². The smallest absolute Gasteiger partial charge is 0.0164 e. The van der Waals surface area contributed by atoms with Gasteiger partial charge in [-0.1, -0.05) is 51.1 Å². The Bertz CT molecular complexity index is 545. The van der Waals surface area contributed by atoms with Crippen molar-refractivity contribution in [3.8, 4) is 0 Å². The highest BCUT2D eigenvalue weighted by Gasteiger charge is 2.61. The molecule has 4 aliphatic carbocycles. The molecule has 0 heterocycles. The predicted octanol–water partition coefficient (Wildman–Crippen LogP) is 5.20. The molecule has 1 nitrogen and oxygen atoms in total. The fourth-order valence-electron chi connectivity index (χ4n) is 7.53. The Morgan fingerprint density at radius 2 is 1.65 bits per heavy atom. The molecular weight excluding hydrogens is 278 g/mol. The molecule has 4 aliphatic rings. The third kappa shape index (κ3) is 2.76. The Hall–Kier alpha value is -0.820. The van der Waals surface area contributed by atoms with Crippen molar-refractivity contribution in [3.63, 3.8) is 0 Å². The number of likely N-dealkylation sites (N-methyl/N-ethyl adjacent to an activating group) is 1. The van der Waals surface area contributed by atoms with Crippen LogP contribution in [0.3, 0.4) is 0 Å². The second-order valence-corrected chi connectivity index (χ2v) is 9.79. The maximum absolute atomic E-state index is 3.92. The summed E-state index contributed by atoms with van der Waals surface area (Å²) in [6.45, 7) is 8.56. The molecule has 1 aromatic carbocycles. The van der Waals surface area contributed by atoms with Crippen LogP contribution in [0, 0.1) is 22.2 Å². The van der Waals surface area contributed by atoms with Crippen LogP contribution in [0.25, 0.3) is 0 Å². The van der Waals surface area contributed by atoms with E-state index in [0.717, 1.165) is 12.5 Å². The number of nitrogens with one attached hydrogen (secondary N) is 1. The summed E-state index contributed by atoms with van der Waals surface area (Å²) >= 11 is 0. The standard InChI is InChI=1S/C22H33N/c1-4-23-19(10-17-8-6-5-7-9-17)22-13-18-11-20(2,15-22)14-21(3,12-18)16-22/h5-9,18-19,23H,4,10-16H2,1-3H3. The van der Waals surface area contributed by atoms with Gasteiger partial charge in [-0.15, -0.1) is 0 Å². The lowest BCUT2D eigenvalue weighted by Gasteiger charge is -2.67. The van der Waals surface area contributed by atoms with Crippen LogP contribution in [0.1, 0.15) is 64.9 Å². The molecular formula is C22H33N. The summed E-state index contributed by atoms with van der Waals surface area (Å²) in [6, 6.07) is 11.8. The van der Waals surface area contributed by atoms with E-state index in [1.807, 2.05) is 0 Å². The molecule has 126 valence electrons. The van der Waals surface area contributed by atoms with Crippen molar-refractivity contribution in [1.29, 1.82) is 0 Å². The van der Waals surface area contributed by atoms with Gasteiger partial charge in [0.1, 0.15) is 0 Å². The van der Waals surface area contributed by atoms with Gasteiger partial charge in [0, 0.05) is 6.04 Å². The molecule has 3 unspecified atom stereocenters. The van der Waals surface area contributed by atoms with Gasteiger partial charge in [0.25, 0.3) is 0 Å². The molecule has 0 saturated heterocycles. The second kappa shape index (κ2) is 5.34. The van der Waals surface area contributed by atoms with Gasteiger partial charge in [0.05, 0.1) is 0 Å². The van der Waals surface area contributed by atoms with Crippen molar-refractivity contribution < 1.29 is 0 Å². The fourth-order valence-corrected chi connectivity index (χ4v) is 7.53. The summed E-state index contributed by atoms with van der Waals surface area (Å²) in [4.78, 5) is 0. The van der Waals surface area contributed by atoms with Gasteiger partial charge < -0.3 is 5.32 Å². The van der Waals surface area contributed by atoms with Gasteiger partial charge in [-0.2, -0.15) is 0 Å². The van der Waals surface area contributed by atoms with Crippen LogP contribution in [0.2, 0.25) is 0 Å². The normalized spacial score (nSPS) is 42.8. The maximum Gasteiger partial charge on any atom is 0.0164 e. The van der Waals surface area contributed by atoms with E-state index in [-0.39, 0.29) is 0 Å². The first-order valence-electron chi connectivity index (χ1n) is 9.72. The zero-order valence-corrected chi connectivity index (χ0v) is 15.2. The minimum Gasteiger partial charge on any atom is -0.313 e. The first-order chi connectivity index (χ1) is 10.9. The van der Waals surface area contributed by atoms with E-state index in [1.54, 1.807) is 0 Å². The zero-order valence-electron chi connectivity index (χ0n) is 15.2. The second-order valence-electron chi connectivity index (χ2n) is 9.79. The first kappa shape index (κ1) is 15.7. The van der Waals surface area contributed by atoms with E-state index < -0.39 is 0 Å². The molecule has 0 aromatic heterocycles. The SMILES string of the molecule is CCNC(Cc1ccccc1)C12CC3CC(C)(CC(C)(C3)C1)C2. The van der Waals surface area contributed by atoms with Gasteiger partial charge in [-0.05, 0) is 79.2 Å². The number of benzene rings is 1. The van der Waals surface area contributed by atoms with Gasteiger partial charge in [0.15, 0.2) is 0 Å². The van der Waals surface area contributed by atoms with Gasteiger partial charge in [0.2, 0.25) is 0 Å². The number of rotatable bonds is 5. The van der Waals surface area contributed by atoms with Crippen molar-refractivity contribution in [3.05, 3.63) is 35.9 Å². The summed E-state index contributed by atoms with van der Waals surface area (Å²) in [5.74, 6) is 0.984. The molecule has 4 fully saturated rings. The van der Waals surface area contributed by atoms with Gasteiger partial charge >= 0.3 is 0 Å². The lowest BCUT2D eigenvalue weighted by atomic mass is 9.39. The van der Waals surface area contributed by atoms with E-state index >= 15 is 0 Å². The molecule has 4 bridgehead atoms. The van der Waals surface area contributed by atoms with E-state index in [0.29, 0.717) is 22.3 Å². The lowest BCUT2D eigenvalue weighted by molar-refractivity contribution is -0.157. The molecule has 0 amide bonds. The lowest BCUT2D eigenvalue weighted by Crippen LogP contribution is -2.61. The molecule has 0 radical (unpaired) electrons. The van der Waals surface area contributed by atoms with Crippen molar-refractivity contribution in [1.82, 2.24) is 5.32 Å². The summed E-state index contributed by atoms with van der Waals surface area (Å²) in [5.41, 5.74) is 3.26. The maximum atomic E-state index is 3.92. The number of hydrogen-bond donors (Lipinski definition) is 1. The minimum atomic E-state index is 0.536. The highest BCUT2D eigenvalue weighted by atomic mass is 14.9. The number of hydrogen-bond acceptors (Lipinski definition) is 1. The predicted molar refractivity (Wildman–Crippen MR) is 97.4 cm³/mol. The van der Waals surface area contributed by atoms with Crippen molar-refractivity contribution in [2.75, 3.05) is 6.54 Å². The van der Waals surface area contributed by atoms with E-state index in [2.05, 4.69) is 56.4 Å². The van der Waals surface area contributed by atoms with Crippen molar-refractivity contribution >= 4 is 0 Å².